The standard InChI is InChI=1S/C28H29Cl2FN2O3/c1-2-3-16-32-28(35)25(17-20-10-5-4-6-11-20)33(18-21-22(29)12-9-13-23(21)30)27(34)19-36-26-15-8-7-14-24(26)31/h4-15,25H,2-3,16-19H2,1H3,(H,32,35)/t25-/m0/s1. The van der Waals surface area contributed by atoms with Crippen LogP contribution in [-0.2, 0) is 22.6 Å². The van der Waals surface area contributed by atoms with Crippen LogP contribution in [0.4, 0.5) is 4.39 Å². The Kier molecular flexibility index (Phi) is 10.6. The normalized spacial score (nSPS) is 11.6. The fourth-order valence-corrected chi connectivity index (χ4v) is 4.22. The van der Waals surface area contributed by atoms with E-state index in [9.17, 15) is 14.0 Å². The summed E-state index contributed by atoms with van der Waals surface area (Å²) in [5, 5.41) is 3.69. The van der Waals surface area contributed by atoms with Crippen molar-refractivity contribution in [2.75, 3.05) is 13.2 Å². The second kappa shape index (κ2) is 13.9. The molecule has 0 aromatic heterocycles. The Balaban J connectivity index is 1.94. The lowest BCUT2D eigenvalue weighted by molar-refractivity contribution is -0.142. The van der Waals surface area contributed by atoms with Crippen molar-refractivity contribution in [2.45, 2.75) is 38.8 Å². The summed E-state index contributed by atoms with van der Waals surface area (Å²) in [5.74, 6) is -1.42. The van der Waals surface area contributed by atoms with Crippen LogP contribution in [-0.4, -0.2) is 35.9 Å². The van der Waals surface area contributed by atoms with Crippen LogP contribution in [0.3, 0.4) is 0 Å². The molecule has 0 aliphatic rings. The van der Waals surface area contributed by atoms with E-state index in [0.29, 0.717) is 22.2 Å². The molecule has 1 N–H and O–H groups in total. The molecule has 2 amide bonds. The van der Waals surface area contributed by atoms with Crippen molar-refractivity contribution in [1.29, 1.82) is 0 Å². The highest BCUT2D eigenvalue weighted by Gasteiger charge is 2.31. The number of carbonyl (C=O) groups is 2. The second-order valence-corrected chi connectivity index (χ2v) is 9.11. The molecule has 1 atom stereocenters. The minimum absolute atomic E-state index is 0.0172. The van der Waals surface area contributed by atoms with Crippen molar-refractivity contribution in [3.05, 3.63) is 99.8 Å². The third-order valence-electron chi connectivity index (χ3n) is 5.68. The van der Waals surface area contributed by atoms with Crippen molar-refractivity contribution in [3.63, 3.8) is 0 Å². The molecule has 3 rings (SSSR count). The van der Waals surface area contributed by atoms with Crippen molar-refractivity contribution < 1.29 is 18.7 Å². The van der Waals surface area contributed by atoms with E-state index in [4.69, 9.17) is 27.9 Å². The molecule has 3 aromatic rings. The summed E-state index contributed by atoms with van der Waals surface area (Å²) in [7, 11) is 0. The van der Waals surface area contributed by atoms with E-state index >= 15 is 0 Å². The molecule has 0 fully saturated rings. The molecule has 0 aliphatic heterocycles. The van der Waals surface area contributed by atoms with Crippen LogP contribution in [0.15, 0.2) is 72.8 Å². The fourth-order valence-electron chi connectivity index (χ4n) is 3.70. The van der Waals surface area contributed by atoms with Gasteiger partial charge in [0.25, 0.3) is 5.91 Å². The topological polar surface area (TPSA) is 58.6 Å². The number of halogens is 3. The molecule has 0 saturated carbocycles. The molecule has 0 radical (unpaired) electrons. The molecule has 3 aromatic carbocycles. The summed E-state index contributed by atoms with van der Waals surface area (Å²) in [5.41, 5.74) is 1.39. The second-order valence-electron chi connectivity index (χ2n) is 8.29. The summed E-state index contributed by atoms with van der Waals surface area (Å²) in [4.78, 5) is 28.3. The van der Waals surface area contributed by atoms with E-state index < -0.39 is 24.4 Å². The number of para-hydroxylation sites is 1. The maximum Gasteiger partial charge on any atom is 0.261 e. The highest BCUT2D eigenvalue weighted by atomic mass is 35.5. The summed E-state index contributed by atoms with van der Waals surface area (Å²) >= 11 is 12.8. The molecule has 0 aliphatic carbocycles. The Morgan fingerprint density at radius 3 is 2.31 bits per heavy atom. The molecule has 0 bridgehead atoms. The summed E-state index contributed by atoms with van der Waals surface area (Å²) in [6, 6.07) is 19.5. The average Bonchev–Trinajstić information content (AvgIpc) is 2.87. The third-order valence-corrected chi connectivity index (χ3v) is 6.39. The number of unbranched alkanes of at least 4 members (excludes halogenated alkanes) is 1. The maximum absolute atomic E-state index is 14.1. The van der Waals surface area contributed by atoms with E-state index in [1.54, 1.807) is 24.3 Å². The SMILES string of the molecule is CCCCNC(=O)[C@H](Cc1ccccc1)N(Cc1c(Cl)cccc1Cl)C(=O)COc1ccccc1F. The molecular formula is C28H29Cl2FN2O3. The predicted octanol–water partition coefficient (Wildman–Crippen LogP) is 6.07. The van der Waals surface area contributed by atoms with Crippen LogP contribution >= 0.6 is 23.2 Å². The molecule has 190 valence electrons. The van der Waals surface area contributed by atoms with Gasteiger partial charge >= 0.3 is 0 Å². The van der Waals surface area contributed by atoms with Crippen LogP contribution in [0.5, 0.6) is 5.75 Å². The number of benzene rings is 3. The van der Waals surface area contributed by atoms with E-state index in [0.717, 1.165) is 18.4 Å². The van der Waals surface area contributed by atoms with Crippen LogP contribution in [0.2, 0.25) is 10.0 Å². The lowest BCUT2D eigenvalue weighted by atomic mass is 10.0. The van der Waals surface area contributed by atoms with E-state index in [1.165, 1.54) is 23.1 Å². The molecular weight excluding hydrogens is 502 g/mol. The molecule has 36 heavy (non-hydrogen) atoms. The van der Waals surface area contributed by atoms with Gasteiger partial charge in [0.1, 0.15) is 6.04 Å². The van der Waals surface area contributed by atoms with Gasteiger partial charge in [-0.25, -0.2) is 4.39 Å². The average molecular weight is 531 g/mol. The van der Waals surface area contributed by atoms with Gasteiger partial charge < -0.3 is 15.0 Å². The first kappa shape index (κ1) is 27.5. The zero-order valence-electron chi connectivity index (χ0n) is 20.1. The number of carbonyl (C=O) groups excluding carboxylic acids is 2. The monoisotopic (exact) mass is 530 g/mol. The molecule has 5 nitrogen and oxygen atoms in total. The minimum atomic E-state index is -0.867. The molecule has 0 saturated heterocycles. The lowest BCUT2D eigenvalue weighted by Crippen LogP contribution is -2.52. The first-order valence-corrected chi connectivity index (χ1v) is 12.6. The van der Waals surface area contributed by atoms with Gasteiger partial charge in [-0.15, -0.1) is 0 Å². The number of hydrogen-bond donors (Lipinski definition) is 1. The van der Waals surface area contributed by atoms with Gasteiger partial charge in [0.15, 0.2) is 18.2 Å². The van der Waals surface area contributed by atoms with E-state index in [2.05, 4.69) is 5.32 Å². The lowest BCUT2D eigenvalue weighted by Gasteiger charge is -2.32. The van der Waals surface area contributed by atoms with Gasteiger partial charge in [-0.3, -0.25) is 9.59 Å². The third kappa shape index (κ3) is 7.70. The molecule has 0 spiro atoms. The van der Waals surface area contributed by atoms with E-state index in [1.807, 2.05) is 37.3 Å². The van der Waals surface area contributed by atoms with Crippen molar-refractivity contribution in [2.24, 2.45) is 0 Å². The maximum atomic E-state index is 14.1. The first-order valence-electron chi connectivity index (χ1n) is 11.8. The Labute approximate surface area is 221 Å². The Hall–Kier alpha value is -3.09. The zero-order chi connectivity index (χ0) is 25.9. The molecule has 8 heteroatoms. The first-order chi connectivity index (χ1) is 17.4. The number of nitrogens with one attached hydrogen (secondary N) is 1. The van der Waals surface area contributed by atoms with Crippen molar-refractivity contribution in [1.82, 2.24) is 10.2 Å². The largest absolute Gasteiger partial charge is 0.481 e. The smallest absolute Gasteiger partial charge is 0.261 e. The van der Waals surface area contributed by atoms with Gasteiger partial charge in [0.05, 0.1) is 0 Å². The van der Waals surface area contributed by atoms with Gasteiger partial charge in [0, 0.05) is 35.1 Å². The van der Waals surface area contributed by atoms with Crippen LogP contribution in [0.1, 0.15) is 30.9 Å². The van der Waals surface area contributed by atoms with Crippen LogP contribution in [0, 0.1) is 5.82 Å². The van der Waals surface area contributed by atoms with Crippen molar-refractivity contribution in [3.8, 4) is 5.75 Å². The Morgan fingerprint density at radius 1 is 0.972 bits per heavy atom. The van der Waals surface area contributed by atoms with Gasteiger partial charge in [0.2, 0.25) is 5.91 Å². The predicted molar refractivity (Wildman–Crippen MR) is 141 cm³/mol. The van der Waals surface area contributed by atoms with Crippen LogP contribution < -0.4 is 10.1 Å². The number of hydrogen-bond acceptors (Lipinski definition) is 3. The van der Waals surface area contributed by atoms with Crippen molar-refractivity contribution >= 4 is 35.0 Å². The zero-order valence-corrected chi connectivity index (χ0v) is 21.6. The fraction of sp³-hybridized carbons (Fsp3) is 0.286. The Bertz CT molecular complexity index is 1140. The van der Waals surface area contributed by atoms with Gasteiger partial charge in [-0.05, 0) is 36.2 Å². The number of nitrogens with zero attached hydrogens (tertiary/aromatic N) is 1. The van der Waals surface area contributed by atoms with E-state index in [-0.39, 0.29) is 24.6 Å². The number of rotatable bonds is 12. The van der Waals surface area contributed by atoms with Crippen LogP contribution in [0.25, 0.3) is 0 Å². The minimum Gasteiger partial charge on any atom is -0.481 e. The molecule has 0 heterocycles. The summed E-state index contributed by atoms with van der Waals surface area (Å²) in [6.07, 6.45) is 1.99. The quantitative estimate of drug-likeness (QED) is 0.289. The Morgan fingerprint density at radius 2 is 1.64 bits per heavy atom. The van der Waals surface area contributed by atoms with Gasteiger partial charge in [-0.1, -0.05) is 85.1 Å². The molecule has 0 unspecified atom stereocenters. The summed E-state index contributed by atoms with van der Waals surface area (Å²) in [6.45, 7) is 2.04. The van der Waals surface area contributed by atoms with Gasteiger partial charge in [-0.2, -0.15) is 0 Å². The summed E-state index contributed by atoms with van der Waals surface area (Å²) < 4.78 is 19.6. The highest BCUT2D eigenvalue weighted by Crippen LogP contribution is 2.27. The number of amides is 2. The number of ether oxygens (including phenoxy) is 1. The highest BCUT2D eigenvalue weighted by molar-refractivity contribution is 6.36.